The van der Waals surface area contributed by atoms with Gasteiger partial charge in [-0.25, -0.2) is 13.4 Å². The predicted molar refractivity (Wildman–Crippen MR) is 129 cm³/mol. The third-order valence-corrected chi connectivity index (χ3v) is 9.30. The van der Waals surface area contributed by atoms with Gasteiger partial charge in [0, 0.05) is 29.8 Å². The second-order valence-electron chi connectivity index (χ2n) is 7.90. The summed E-state index contributed by atoms with van der Waals surface area (Å²) in [5.74, 6) is -0.0190. The molecule has 0 radical (unpaired) electrons. The van der Waals surface area contributed by atoms with Crippen molar-refractivity contribution in [3.8, 4) is 10.6 Å². The summed E-state index contributed by atoms with van der Waals surface area (Å²) in [6, 6.07) is 11.0. The van der Waals surface area contributed by atoms with Crippen LogP contribution in [0, 0.1) is 6.92 Å². The molecule has 0 aliphatic carbocycles. The fourth-order valence-corrected chi connectivity index (χ4v) is 6.81. The van der Waals surface area contributed by atoms with Crippen molar-refractivity contribution in [1.29, 1.82) is 0 Å². The van der Waals surface area contributed by atoms with Gasteiger partial charge in [-0.2, -0.15) is 4.31 Å². The van der Waals surface area contributed by atoms with E-state index in [2.05, 4.69) is 10.3 Å². The Hall–Kier alpha value is -2.07. The summed E-state index contributed by atoms with van der Waals surface area (Å²) in [6.07, 6.45) is 3.87. The van der Waals surface area contributed by atoms with E-state index in [1.165, 1.54) is 0 Å². The molecule has 0 spiro atoms. The molecule has 1 amide bonds. The highest BCUT2D eigenvalue weighted by atomic mass is 32.2. The Bertz CT molecular complexity index is 1160. The Labute approximate surface area is 197 Å². The molecule has 2 aromatic heterocycles. The standard InChI is InChI=1S/C23H27N3O3S3/c1-17-25-21(16-30-17)22-11-8-19(31-22)15-24-23(27)12-7-18-5-9-20(10-6-18)32(28,29)26-13-3-2-4-14-26/h5-6,8-11,16H,2-4,7,12-15H2,1H3,(H,24,27). The monoisotopic (exact) mass is 489 g/mol. The zero-order valence-corrected chi connectivity index (χ0v) is 20.5. The van der Waals surface area contributed by atoms with Crippen LogP contribution in [0.5, 0.6) is 0 Å². The molecule has 0 unspecified atom stereocenters. The lowest BCUT2D eigenvalue weighted by molar-refractivity contribution is -0.121. The average molecular weight is 490 g/mol. The van der Waals surface area contributed by atoms with Crippen LogP contribution in [0.15, 0.2) is 46.7 Å². The highest BCUT2D eigenvalue weighted by Crippen LogP contribution is 2.29. The number of hydrogen-bond acceptors (Lipinski definition) is 6. The Morgan fingerprint density at radius 2 is 1.84 bits per heavy atom. The first-order valence-corrected chi connectivity index (χ1v) is 13.9. The summed E-state index contributed by atoms with van der Waals surface area (Å²) in [5, 5.41) is 6.06. The molecule has 3 heterocycles. The fraction of sp³-hybridized carbons (Fsp3) is 0.391. The highest BCUT2D eigenvalue weighted by Gasteiger charge is 2.25. The van der Waals surface area contributed by atoms with Gasteiger partial charge in [-0.05, 0) is 56.0 Å². The minimum atomic E-state index is -3.41. The summed E-state index contributed by atoms with van der Waals surface area (Å²) < 4.78 is 27.0. The summed E-state index contributed by atoms with van der Waals surface area (Å²) in [7, 11) is -3.41. The lowest BCUT2D eigenvalue weighted by Crippen LogP contribution is -2.35. The Morgan fingerprint density at radius 3 is 2.53 bits per heavy atom. The van der Waals surface area contributed by atoms with E-state index in [0.29, 0.717) is 37.4 Å². The molecule has 4 rings (SSSR count). The molecular formula is C23H27N3O3S3. The molecule has 0 atom stereocenters. The number of carbonyl (C=O) groups excluding carboxylic acids is 1. The number of carbonyl (C=O) groups is 1. The number of hydrogen-bond donors (Lipinski definition) is 1. The van der Waals surface area contributed by atoms with Crippen LogP contribution in [0.1, 0.15) is 41.1 Å². The van der Waals surface area contributed by atoms with Crippen molar-refractivity contribution in [2.24, 2.45) is 0 Å². The smallest absolute Gasteiger partial charge is 0.243 e. The van der Waals surface area contributed by atoms with Gasteiger partial charge in [-0.1, -0.05) is 18.6 Å². The summed E-state index contributed by atoms with van der Waals surface area (Å²) in [6.45, 7) is 3.68. The Kier molecular flexibility index (Phi) is 7.40. The van der Waals surface area contributed by atoms with Crippen molar-refractivity contribution in [3.63, 3.8) is 0 Å². The summed E-state index contributed by atoms with van der Waals surface area (Å²) in [4.78, 5) is 19.3. The molecule has 3 aromatic rings. The van der Waals surface area contributed by atoms with Crippen LogP contribution in [-0.4, -0.2) is 36.7 Å². The zero-order chi connectivity index (χ0) is 22.6. The molecule has 1 aliphatic heterocycles. The van der Waals surface area contributed by atoms with Gasteiger partial charge in [0.2, 0.25) is 15.9 Å². The van der Waals surface area contributed by atoms with Gasteiger partial charge in [0.05, 0.1) is 27.0 Å². The largest absolute Gasteiger partial charge is 0.351 e. The second-order valence-corrected chi connectivity index (χ2v) is 12.1. The molecule has 1 aromatic carbocycles. The number of amides is 1. The molecule has 1 aliphatic rings. The molecule has 0 bridgehead atoms. The maximum atomic E-state index is 12.7. The number of piperidine rings is 1. The van der Waals surface area contributed by atoms with Crippen molar-refractivity contribution < 1.29 is 13.2 Å². The topological polar surface area (TPSA) is 79.4 Å². The van der Waals surface area contributed by atoms with E-state index in [1.54, 1.807) is 39.1 Å². The second kappa shape index (κ2) is 10.2. The molecular weight excluding hydrogens is 462 g/mol. The minimum absolute atomic E-state index is 0.0190. The number of nitrogens with zero attached hydrogens (tertiary/aromatic N) is 2. The third kappa shape index (κ3) is 5.64. The van der Waals surface area contributed by atoms with E-state index >= 15 is 0 Å². The fourth-order valence-electron chi connectivity index (χ4n) is 3.70. The van der Waals surface area contributed by atoms with E-state index in [1.807, 2.05) is 36.6 Å². The summed E-state index contributed by atoms with van der Waals surface area (Å²) >= 11 is 3.27. The molecule has 0 saturated carbocycles. The molecule has 1 fully saturated rings. The van der Waals surface area contributed by atoms with Gasteiger partial charge < -0.3 is 5.32 Å². The van der Waals surface area contributed by atoms with Crippen LogP contribution in [0.4, 0.5) is 0 Å². The van der Waals surface area contributed by atoms with Gasteiger partial charge >= 0.3 is 0 Å². The van der Waals surface area contributed by atoms with Crippen LogP contribution < -0.4 is 5.32 Å². The number of thiazole rings is 1. The number of thiophene rings is 1. The molecule has 9 heteroatoms. The van der Waals surface area contributed by atoms with Gasteiger partial charge in [0.15, 0.2) is 0 Å². The van der Waals surface area contributed by atoms with Crippen molar-refractivity contribution >= 4 is 38.6 Å². The number of rotatable bonds is 8. The molecule has 32 heavy (non-hydrogen) atoms. The lowest BCUT2D eigenvalue weighted by atomic mass is 10.1. The quantitative estimate of drug-likeness (QED) is 0.501. The van der Waals surface area contributed by atoms with Crippen molar-refractivity contribution in [1.82, 2.24) is 14.6 Å². The first-order valence-electron chi connectivity index (χ1n) is 10.8. The molecule has 170 valence electrons. The van der Waals surface area contributed by atoms with Crippen LogP contribution in [0.25, 0.3) is 10.6 Å². The normalized spacial score (nSPS) is 15.0. The number of nitrogens with one attached hydrogen (secondary N) is 1. The first kappa shape index (κ1) is 23.1. The number of sulfonamides is 1. The van der Waals surface area contributed by atoms with E-state index in [0.717, 1.165) is 45.3 Å². The van der Waals surface area contributed by atoms with E-state index in [9.17, 15) is 13.2 Å². The zero-order valence-electron chi connectivity index (χ0n) is 18.0. The average Bonchev–Trinajstić information content (AvgIpc) is 3.46. The van der Waals surface area contributed by atoms with Crippen molar-refractivity contribution in [3.05, 3.63) is 57.2 Å². The summed E-state index contributed by atoms with van der Waals surface area (Å²) in [5.41, 5.74) is 1.94. The van der Waals surface area contributed by atoms with Crippen LogP contribution >= 0.6 is 22.7 Å². The minimum Gasteiger partial charge on any atom is -0.351 e. The van der Waals surface area contributed by atoms with E-state index in [4.69, 9.17) is 0 Å². The lowest BCUT2D eigenvalue weighted by Gasteiger charge is -2.25. The number of benzene rings is 1. The molecule has 1 saturated heterocycles. The molecule has 6 nitrogen and oxygen atoms in total. The predicted octanol–water partition coefficient (Wildman–Crippen LogP) is 4.60. The Morgan fingerprint density at radius 1 is 1.09 bits per heavy atom. The first-order chi connectivity index (χ1) is 15.4. The van der Waals surface area contributed by atoms with E-state index in [-0.39, 0.29) is 5.91 Å². The van der Waals surface area contributed by atoms with Gasteiger partial charge in [-0.15, -0.1) is 22.7 Å². The maximum Gasteiger partial charge on any atom is 0.243 e. The molecule has 1 N–H and O–H groups in total. The highest BCUT2D eigenvalue weighted by molar-refractivity contribution is 7.89. The van der Waals surface area contributed by atoms with Crippen molar-refractivity contribution in [2.75, 3.05) is 13.1 Å². The van der Waals surface area contributed by atoms with E-state index < -0.39 is 10.0 Å². The maximum absolute atomic E-state index is 12.7. The van der Waals surface area contributed by atoms with Gasteiger partial charge in [-0.3, -0.25) is 4.79 Å². The Balaban J connectivity index is 1.26. The van der Waals surface area contributed by atoms with Crippen molar-refractivity contribution in [2.45, 2.75) is 50.5 Å². The van der Waals surface area contributed by atoms with Gasteiger partial charge in [0.25, 0.3) is 0 Å². The van der Waals surface area contributed by atoms with Gasteiger partial charge in [0.1, 0.15) is 0 Å². The number of aromatic nitrogens is 1. The van der Waals surface area contributed by atoms with Crippen LogP contribution in [-0.2, 0) is 27.8 Å². The third-order valence-electron chi connectivity index (χ3n) is 5.51. The number of aryl methyl sites for hydroxylation is 2. The van der Waals surface area contributed by atoms with Crippen LogP contribution in [0.3, 0.4) is 0 Å². The van der Waals surface area contributed by atoms with Crippen LogP contribution in [0.2, 0.25) is 0 Å². The SMILES string of the molecule is Cc1nc(-c2ccc(CNC(=O)CCc3ccc(S(=O)(=O)N4CCCCC4)cc3)s2)cs1.